The molecule has 2 N–H and O–H groups in total. The van der Waals surface area contributed by atoms with E-state index in [1.165, 1.54) is 41.3 Å². The summed E-state index contributed by atoms with van der Waals surface area (Å²) in [6.07, 6.45) is 0.613. The number of rotatable bonds is 17. The molecule has 4 aromatic rings. The van der Waals surface area contributed by atoms with E-state index in [-0.39, 0.29) is 28.8 Å². The quantitative estimate of drug-likeness (QED) is 0.147. The summed E-state index contributed by atoms with van der Waals surface area (Å²) in [6, 6.07) is 25.7. The zero-order chi connectivity index (χ0) is 33.6. The van der Waals surface area contributed by atoms with E-state index < -0.39 is 34.4 Å². The predicted molar refractivity (Wildman–Crippen MR) is 176 cm³/mol. The lowest BCUT2D eigenvalue weighted by atomic mass is 10.0. The smallest absolute Gasteiger partial charge is 0.261 e. The average Bonchev–Trinajstić information content (AvgIpc) is 3.08. The minimum Gasteiger partial charge on any atom is -0.497 e. The fourth-order valence-corrected chi connectivity index (χ4v) is 5.72. The number of carbonyl (C=O) groups is 2. The third-order valence-corrected chi connectivity index (χ3v) is 8.47. The molecule has 12 heteroatoms. The van der Waals surface area contributed by atoms with Crippen LogP contribution in [0, 0.1) is 5.82 Å². The van der Waals surface area contributed by atoms with E-state index >= 15 is 0 Å². The van der Waals surface area contributed by atoms with Crippen molar-refractivity contribution >= 4 is 27.5 Å². The van der Waals surface area contributed by atoms with E-state index in [0.29, 0.717) is 37.5 Å². The highest BCUT2D eigenvalue weighted by Crippen LogP contribution is 2.26. The Balaban J connectivity index is 1.53. The summed E-state index contributed by atoms with van der Waals surface area (Å²) in [4.78, 5) is 29.0. The van der Waals surface area contributed by atoms with Crippen molar-refractivity contribution in [3.8, 4) is 11.5 Å². The summed E-state index contributed by atoms with van der Waals surface area (Å²) < 4.78 is 57.7. The number of halogens is 1. The van der Waals surface area contributed by atoms with Gasteiger partial charge in [-0.2, -0.15) is 0 Å². The zero-order valence-electron chi connectivity index (χ0n) is 26.2. The van der Waals surface area contributed by atoms with Crippen LogP contribution in [0.25, 0.3) is 0 Å². The lowest BCUT2D eigenvalue weighted by Gasteiger charge is -2.31. The molecular weight excluding hydrogens is 625 g/mol. The first kappa shape index (κ1) is 34.9. The van der Waals surface area contributed by atoms with Crippen molar-refractivity contribution in [3.63, 3.8) is 0 Å². The average molecular weight is 664 g/mol. The summed E-state index contributed by atoms with van der Waals surface area (Å²) >= 11 is 0. The Bertz CT molecular complexity index is 1690. The molecule has 0 bridgehead atoms. The van der Waals surface area contributed by atoms with Crippen LogP contribution in [0.15, 0.2) is 108 Å². The molecule has 0 spiro atoms. The molecule has 0 saturated carbocycles. The number of hydrogen-bond acceptors (Lipinski definition) is 7. The summed E-state index contributed by atoms with van der Waals surface area (Å²) in [5, 5.41) is 2.94. The van der Waals surface area contributed by atoms with Gasteiger partial charge in [0.1, 0.15) is 23.4 Å². The highest BCUT2D eigenvalue weighted by molar-refractivity contribution is 7.92. The molecule has 0 unspecified atom stereocenters. The molecule has 4 aromatic carbocycles. The van der Waals surface area contributed by atoms with E-state index in [1.807, 2.05) is 25.1 Å². The molecule has 0 heterocycles. The van der Waals surface area contributed by atoms with Gasteiger partial charge in [-0.15, -0.1) is 0 Å². The molecule has 4 rings (SSSR count). The lowest BCUT2D eigenvalue weighted by Crippen LogP contribution is -2.45. The van der Waals surface area contributed by atoms with Crippen LogP contribution in [0.1, 0.15) is 30.5 Å². The molecular formula is C35H38FN3O7S. The highest BCUT2D eigenvalue weighted by atomic mass is 32.2. The second-order valence-electron chi connectivity index (χ2n) is 10.4. The van der Waals surface area contributed by atoms with Crippen LogP contribution in [0.4, 0.5) is 10.1 Å². The van der Waals surface area contributed by atoms with Crippen molar-refractivity contribution in [2.24, 2.45) is 0 Å². The van der Waals surface area contributed by atoms with Crippen molar-refractivity contribution in [2.75, 3.05) is 38.2 Å². The maximum atomic E-state index is 13.9. The van der Waals surface area contributed by atoms with Gasteiger partial charge in [-0.1, -0.05) is 42.5 Å². The minimum atomic E-state index is -3.96. The van der Waals surface area contributed by atoms with Gasteiger partial charge in [0.25, 0.3) is 15.9 Å². The Morgan fingerprint density at radius 3 is 2.17 bits per heavy atom. The standard InChI is InChI=1S/C35H38FN3O7S/c1-3-45-23-7-22-37-35(41)34(27-8-5-4-6-9-27)39(24-26-10-16-30(44-2)17-11-26)33(40)25-46-31-18-20-32(21-19-31)47(42,43)38-29-14-12-28(36)13-15-29/h4-6,8-21,34,38H,3,7,22-25H2,1-2H3,(H,37,41)/t34-/m0/s1. The zero-order valence-corrected chi connectivity index (χ0v) is 27.0. The second kappa shape index (κ2) is 17.1. The number of carbonyl (C=O) groups excluding carboxylic acids is 2. The molecule has 0 saturated heterocycles. The fraction of sp³-hybridized carbons (Fsp3) is 0.257. The topological polar surface area (TPSA) is 123 Å². The molecule has 2 amide bonds. The van der Waals surface area contributed by atoms with Crippen molar-refractivity contribution in [2.45, 2.75) is 30.8 Å². The van der Waals surface area contributed by atoms with Crippen LogP contribution >= 0.6 is 0 Å². The number of benzene rings is 4. The number of nitrogens with zero attached hydrogens (tertiary/aromatic N) is 1. The molecule has 0 aliphatic heterocycles. The van der Waals surface area contributed by atoms with Gasteiger partial charge in [-0.25, -0.2) is 12.8 Å². The molecule has 1 atom stereocenters. The van der Waals surface area contributed by atoms with E-state index in [2.05, 4.69) is 10.0 Å². The molecule has 10 nitrogen and oxygen atoms in total. The Morgan fingerprint density at radius 1 is 0.872 bits per heavy atom. The first-order chi connectivity index (χ1) is 22.7. The van der Waals surface area contributed by atoms with Crippen LogP contribution in [0.2, 0.25) is 0 Å². The molecule has 0 radical (unpaired) electrons. The maximum absolute atomic E-state index is 13.9. The van der Waals surface area contributed by atoms with E-state index in [1.54, 1.807) is 43.5 Å². The second-order valence-corrected chi connectivity index (χ2v) is 12.1. The van der Waals surface area contributed by atoms with Gasteiger partial charge in [0.15, 0.2) is 6.61 Å². The van der Waals surface area contributed by atoms with Gasteiger partial charge >= 0.3 is 0 Å². The van der Waals surface area contributed by atoms with Crippen LogP contribution in [0.5, 0.6) is 11.5 Å². The minimum absolute atomic E-state index is 0.0493. The number of ether oxygens (including phenoxy) is 3. The third-order valence-electron chi connectivity index (χ3n) is 7.07. The monoisotopic (exact) mass is 663 g/mol. The number of sulfonamides is 1. The first-order valence-corrected chi connectivity index (χ1v) is 16.5. The van der Waals surface area contributed by atoms with Crippen LogP contribution in [-0.4, -0.2) is 58.6 Å². The number of hydrogen-bond donors (Lipinski definition) is 2. The number of nitrogens with one attached hydrogen (secondary N) is 2. The third kappa shape index (κ3) is 10.3. The maximum Gasteiger partial charge on any atom is 0.261 e. The molecule has 47 heavy (non-hydrogen) atoms. The Morgan fingerprint density at radius 2 is 1.53 bits per heavy atom. The Labute approximate surface area is 274 Å². The van der Waals surface area contributed by atoms with Crippen LogP contribution in [0.3, 0.4) is 0 Å². The van der Waals surface area contributed by atoms with E-state index in [0.717, 1.165) is 17.7 Å². The van der Waals surface area contributed by atoms with Crippen molar-refractivity contribution < 1.29 is 36.6 Å². The van der Waals surface area contributed by atoms with Crippen molar-refractivity contribution in [3.05, 3.63) is 120 Å². The summed E-state index contributed by atoms with van der Waals surface area (Å²) in [5.41, 5.74) is 1.60. The van der Waals surface area contributed by atoms with Gasteiger partial charge in [-0.3, -0.25) is 14.3 Å². The molecule has 248 valence electrons. The predicted octanol–water partition coefficient (Wildman–Crippen LogP) is 5.33. The van der Waals surface area contributed by atoms with Crippen LogP contribution in [-0.2, 0) is 30.9 Å². The van der Waals surface area contributed by atoms with Gasteiger partial charge in [-0.05, 0) is 85.1 Å². The SMILES string of the molecule is CCOCCCNC(=O)[C@H](c1ccccc1)N(Cc1ccc(OC)cc1)C(=O)COc1ccc(S(=O)(=O)Nc2ccc(F)cc2)cc1. The molecule has 0 aromatic heterocycles. The number of anilines is 1. The number of amides is 2. The molecule has 0 fully saturated rings. The van der Waals surface area contributed by atoms with E-state index in [9.17, 15) is 22.4 Å². The largest absolute Gasteiger partial charge is 0.497 e. The summed E-state index contributed by atoms with van der Waals surface area (Å²) in [5.74, 6) is -0.397. The number of methoxy groups -OCH3 is 1. The Hall–Kier alpha value is -4.94. The first-order valence-electron chi connectivity index (χ1n) is 15.0. The van der Waals surface area contributed by atoms with E-state index in [4.69, 9.17) is 14.2 Å². The van der Waals surface area contributed by atoms with Gasteiger partial charge in [0.2, 0.25) is 5.91 Å². The highest BCUT2D eigenvalue weighted by Gasteiger charge is 2.32. The van der Waals surface area contributed by atoms with Crippen molar-refractivity contribution in [1.29, 1.82) is 0 Å². The molecule has 0 aliphatic carbocycles. The van der Waals surface area contributed by atoms with Crippen LogP contribution < -0.4 is 19.5 Å². The Kier molecular flexibility index (Phi) is 12.7. The normalized spacial score (nSPS) is 11.7. The lowest BCUT2D eigenvalue weighted by molar-refractivity contribution is -0.143. The molecule has 0 aliphatic rings. The summed E-state index contributed by atoms with van der Waals surface area (Å²) in [7, 11) is -2.39. The van der Waals surface area contributed by atoms with Gasteiger partial charge in [0.05, 0.1) is 12.0 Å². The fourth-order valence-electron chi connectivity index (χ4n) is 4.66. The summed E-state index contributed by atoms with van der Waals surface area (Å²) in [6.45, 7) is 3.03. The van der Waals surface area contributed by atoms with Gasteiger partial charge in [0, 0.05) is 32.0 Å². The van der Waals surface area contributed by atoms with Gasteiger partial charge < -0.3 is 24.4 Å². The van der Waals surface area contributed by atoms with Crippen molar-refractivity contribution in [1.82, 2.24) is 10.2 Å².